The van der Waals surface area contributed by atoms with Gasteiger partial charge in [0, 0.05) is 11.8 Å². The average molecular weight is 313 g/mol. The third-order valence-electron chi connectivity index (χ3n) is 2.84. The molecular weight excluding hydrogens is 299 g/mol. The predicted molar refractivity (Wildman–Crippen MR) is 73.6 cm³/mol. The molecule has 1 N–H and O–H groups in total. The molecule has 0 aliphatic rings. The highest BCUT2D eigenvalue weighted by Gasteiger charge is 2.35. The van der Waals surface area contributed by atoms with Crippen molar-refractivity contribution in [3.63, 3.8) is 0 Å². The molecule has 22 heavy (non-hydrogen) atoms. The topological polar surface area (TPSA) is 56.1 Å². The number of ether oxygens (including phenoxy) is 1. The molecule has 1 aromatic heterocycles. The summed E-state index contributed by atoms with van der Waals surface area (Å²) in [6, 6.07) is 7.43. The zero-order valence-corrected chi connectivity index (χ0v) is 11.9. The molecule has 0 aliphatic heterocycles. The molecule has 2 rings (SSSR count). The summed E-state index contributed by atoms with van der Waals surface area (Å²) in [7, 11) is 1.48. The van der Waals surface area contributed by atoms with Crippen molar-refractivity contribution in [2.45, 2.75) is 19.6 Å². The van der Waals surface area contributed by atoms with Gasteiger partial charge in [0.05, 0.1) is 12.8 Å². The van der Waals surface area contributed by atoms with Gasteiger partial charge in [-0.2, -0.15) is 18.3 Å². The first kappa shape index (κ1) is 15.9. The maximum atomic E-state index is 12.8. The second kappa shape index (κ2) is 6.08. The van der Waals surface area contributed by atoms with E-state index in [9.17, 15) is 18.0 Å². The van der Waals surface area contributed by atoms with E-state index in [0.29, 0.717) is 16.1 Å². The van der Waals surface area contributed by atoms with E-state index in [1.54, 1.807) is 24.3 Å². The van der Waals surface area contributed by atoms with E-state index in [4.69, 9.17) is 4.74 Å². The quantitative estimate of drug-likeness (QED) is 0.944. The molecule has 118 valence electrons. The second-order valence-electron chi connectivity index (χ2n) is 4.61. The summed E-state index contributed by atoms with van der Waals surface area (Å²) in [4.78, 5) is 11.9. The number of amides is 1. The first-order valence-corrected chi connectivity index (χ1v) is 6.35. The van der Waals surface area contributed by atoms with E-state index in [0.717, 1.165) is 6.07 Å². The maximum Gasteiger partial charge on any atom is 0.433 e. The number of halogens is 3. The van der Waals surface area contributed by atoms with Crippen LogP contribution in [-0.4, -0.2) is 22.8 Å². The third-order valence-corrected chi connectivity index (χ3v) is 2.84. The van der Waals surface area contributed by atoms with E-state index in [1.165, 1.54) is 14.0 Å². The number of nitrogens with one attached hydrogen (secondary N) is 1. The molecule has 0 radical (unpaired) electrons. The van der Waals surface area contributed by atoms with Crippen LogP contribution >= 0.6 is 0 Å². The van der Waals surface area contributed by atoms with Gasteiger partial charge in [0.1, 0.15) is 18.0 Å². The SMILES string of the molecule is COc1cccc(NC(=O)Cn2nc(C)cc2C(F)(F)F)c1. The molecule has 5 nitrogen and oxygen atoms in total. The average Bonchev–Trinajstić information content (AvgIpc) is 2.79. The van der Waals surface area contributed by atoms with Crippen molar-refractivity contribution in [1.82, 2.24) is 9.78 Å². The van der Waals surface area contributed by atoms with Crippen LogP contribution in [0.3, 0.4) is 0 Å². The minimum absolute atomic E-state index is 0.196. The Kier molecular flexibility index (Phi) is 4.39. The monoisotopic (exact) mass is 313 g/mol. The Morgan fingerprint density at radius 2 is 2.09 bits per heavy atom. The maximum absolute atomic E-state index is 12.8. The van der Waals surface area contributed by atoms with Crippen LogP contribution in [0.2, 0.25) is 0 Å². The highest BCUT2D eigenvalue weighted by molar-refractivity contribution is 5.90. The predicted octanol–water partition coefficient (Wildman–Crippen LogP) is 2.86. The number of rotatable bonds is 4. The van der Waals surface area contributed by atoms with Gasteiger partial charge in [-0.3, -0.25) is 9.48 Å². The Hall–Kier alpha value is -2.51. The number of aryl methyl sites for hydroxylation is 1. The molecule has 0 atom stereocenters. The molecule has 8 heteroatoms. The molecule has 1 heterocycles. The van der Waals surface area contributed by atoms with Crippen molar-refractivity contribution < 1.29 is 22.7 Å². The van der Waals surface area contributed by atoms with Crippen LogP contribution in [0, 0.1) is 6.92 Å². The molecule has 0 unspecified atom stereocenters. The summed E-state index contributed by atoms with van der Waals surface area (Å²) < 4.78 is 44.1. The third kappa shape index (κ3) is 3.78. The summed E-state index contributed by atoms with van der Waals surface area (Å²) in [6.45, 7) is 0.908. The number of nitrogens with zero attached hydrogens (tertiary/aromatic N) is 2. The fourth-order valence-electron chi connectivity index (χ4n) is 1.93. The number of carbonyl (C=O) groups excluding carboxylic acids is 1. The van der Waals surface area contributed by atoms with Crippen LogP contribution in [0.1, 0.15) is 11.4 Å². The van der Waals surface area contributed by atoms with Crippen LogP contribution in [0.5, 0.6) is 5.75 Å². The second-order valence-corrected chi connectivity index (χ2v) is 4.61. The van der Waals surface area contributed by atoms with E-state index in [1.807, 2.05) is 0 Å². The zero-order valence-electron chi connectivity index (χ0n) is 11.9. The van der Waals surface area contributed by atoms with E-state index in [2.05, 4.69) is 10.4 Å². The number of hydrogen-bond donors (Lipinski definition) is 1. The first-order valence-electron chi connectivity index (χ1n) is 6.35. The smallest absolute Gasteiger partial charge is 0.433 e. The summed E-state index contributed by atoms with van der Waals surface area (Å²) in [6.07, 6.45) is -4.56. The highest BCUT2D eigenvalue weighted by atomic mass is 19.4. The highest BCUT2D eigenvalue weighted by Crippen LogP contribution is 2.29. The lowest BCUT2D eigenvalue weighted by molar-refractivity contribution is -0.144. The molecule has 0 saturated carbocycles. The molecular formula is C14H14F3N3O2. The van der Waals surface area contributed by atoms with Gasteiger partial charge in [-0.1, -0.05) is 6.07 Å². The van der Waals surface area contributed by atoms with Gasteiger partial charge in [0.15, 0.2) is 0 Å². The molecule has 0 fully saturated rings. The van der Waals surface area contributed by atoms with Gasteiger partial charge >= 0.3 is 6.18 Å². The largest absolute Gasteiger partial charge is 0.497 e. The first-order chi connectivity index (χ1) is 10.3. The Balaban J connectivity index is 2.12. The summed E-state index contributed by atoms with van der Waals surface area (Å²) in [5, 5.41) is 6.21. The van der Waals surface area contributed by atoms with Crippen LogP contribution in [0.15, 0.2) is 30.3 Å². The molecule has 0 saturated heterocycles. The lowest BCUT2D eigenvalue weighted by Gasteiger charge is -2.11. The van der Waals surface area contributed by atoms with Gasteiger partial charge in [-0.05, 0) is 25.1 Å². The Bertz CT molecular complexity index is 680. The van der Waals surface area contributed by atoms with Crippen LogP contribution in [0.4, 0.5) is 18.9 Å². The number of alkyl halides is 3. The summed E-state index contributed by atoms with van der Waals surface area (Å²) in [5.41, 5.74) is -0.325. The van der Waals surface area contributed by atoms with Crippen molar-refractivity contribution in [3.05, 3.63) is 41.7 Å². The number of methoxy groups -OCH3 is 1. The lowest BCUT2D eigenvalue weighted by Crippen LogP contribution is -2.23. The molecule has 0 spiro atoms. The Morgan fingerprint density at radius 3 is 2.73 bits per heavy atom. The van der Waals surface area contributed by atoms with Crippen LogP contribution in [0.25, 0.3) is 0 Å². The molecule has 1 amide bonds. The molecule has 1 aromatic carbocycles. The normalized spacial score (nSPS) is 11.3. The minimum Gasteiger partial charge on any atom is -0.497 e. The van der Waals surface area contributed by atoms with Gasteiger partial charge in [-0.15, -0.1) is 0 Å². The fourth-order valence-corrected chi connectivity index (χ4v) is 1.93. The Labute approximate surface area is 124 Å². The standard InChI is InChI=1S/C14H14F3N3O2/c1-9-6-12(14(15,16)17)20(19-9)8-13(21)18-10-4-3-5-11(7-10)22-2/h3-7H,8H2,1-2H3,(H,18,21). The number of hydrogen-bond acceptors (Lipinski definition) is 3. The van der Waals surface area contributed by atoms with Crippen LogP contribution in [-0.2, 0) is 17.5 Å². The van der Waals surface area contributed by atoms with Crippen molar-refractivity contribution >= 4 is 11.6 Å². The van der Waals surface area contributed by atoms with Crippen molar-refractivity contribution in [3.8, 4) is 5.75 Å². The molecule has 2 aromatic rings. The number of aromatic nitrogens is 2. The van der Waals surface area contributed by atoms with E-state index in [-0.39, 0.29) is 5.69 Å². The number of carbonyl (C=O) groups is 1. The zero-order chi connectivity index (χ0) is 16.3. The summed E-state index contributed by atoms with van der Waals surface area (Å²) >= 11 is 0. The van der Waals surface area contributed by atoms with Crippen LogP contribution < -0.4 is 10.1 Å². The van der Waals surface area contributed by atoms with E-state index < -0.39 is 24.3 Å². The number of anilines is 1. The van der Waals surface area contributed by atoms with Crippen molar-refractivity contribution in [2.75, 3.05) is 12.4 Å². The number of benzene rings is 1. The van der Waals surface area contributed by atoms with Gasteiger partial charge < -0.3 is 10.1 Å². The van der Waals surface area contributed by atoms with Gasteiger partial charge in [0.2, 0.25) is 5.91 Å². The van der Waals surface area contributed by atoms with Crippen molar-refractivity contribution in [2.24, 2.45) is 0 Å². The lowest BCUT2D eigenvalue weighted by atomic mass is 10.3. The molecule has 0 bridgehead atoms. The summed E-state index contributed by atoms with van der Waals surface area (Å²) in [5.74, 6) is -0.0782. The van der Waals surface area contributed by atoms with E-state index >= 15 is 0 Å². The molecule has 0 aliphatic carbocycles. The minimum atomic E-state index is -4.56. The Morgan fingerprint density at radius 1 is 1.36 bits per heavy atom. The van der Waals surface area contributed by atoms with Gasteiger partial charge in [0.25, 0.3) is 0 Å². The fraction of sp³-hybridized carbons (Fsp3) is 0.286. The van der Waals surface area contributed by atoms with Crippen molar-refractivity contribution in [1.29, 1.82) is 0 Å². The van der Waals surface area contributed by atoms with Gasteiger partial charge in [-0.25, -0.2) is 0 Å².